The number of aryl methyl sites for hydroxylation is 1. The molecule has 0 bridgehead atoms. The van der Waals surface area contributed by atoms with Crippen molar-refractivity contribution in [1.82, 2.24) is 15.2 Å². The Morgan fingerprint density at radius 3 is 2.83 bits per heavy atom. The van der Waals surface area contributed by atoms with Gasteiger partial charge in [0.2, 0.25) is 0 Å². The van der Waals surface area contributed by atoms with E-state index in [1.807, 2.05) is 31.4 Å². The van der Waals surface area contributed by atoms with Crippen molar-refractivity contribution < 1.29 is 4.74 Å². The number of nitrogens with two attached hydrogens (primary N) is 1. The molecule has 96 valence electrons. The molecule has 0 aliphatic carbocycles. The summed E-state index contributed by atoms with van der Waals surface area (Å²) in [5.41, 5.74) is 4.75. The third-order valence-electron chi connectivity index (χ3n) is 2.73. The molecule has 1 atom stereocenters. The zero-order valence-electron chi connectivity index (χ0n) is 10.2. The standard InChI is InChI=1S/C12H15BrN4O/c1-17-7-8(6-15-17)12(16-14)10-4-3-9(13)5-11(10)18-2/h3-7,12,16H,14H2,1-2H3. The summed E-state index contributed by atoms with van der Waals surface area (Å²) in [4.78, 5) is 0. The van der Waals surface area contributed by atoms with E-state index < -0.39 is 0 Å². The smallest absolute Gasteiger partial charge is 0.125 e. The van der Waals surface area contributed by atoms with Crippen LogP contribution in [0.1, 0.15) is 17.2 Å². The van der Waals surface area contributed by atoms with E-state index in [2.05, 4.69) is 26.5 Å². The number of benzene rings is 1. The van der Waals surface area contributed by atoms with Crippen LogP contribution in [0.4, 0.5) is 0 Å². The van der Waals surface area contributed by atoms with E-state index in [1.54, 1.807) is 18.0 Å². The van der Waals surface area contributed by atoms with Crippen molar-refractivity contribution in [1.29, 1.82) is 0 Å². The van der Waals surface area contributed by atoms with Gasteiger partial charge >= 0.3 is 0 Å². The number of rotatable bonds is 4. The molecule has 6 heteroatoms. The van der Waals surface area contributed by atoms with Crippen LogP contribution in [0.25, 0.3) is 0 Å². The summed E-state index contributed by atoms with van der Waals surface area (Å²) in [5, 5.41) is 4.16. The number of hydrazine groups is 1. The first-order valence-electron chi connectivity index (χ1n) is 5.44. The van der Waals surface area contributed by atoms with Crippen LogP contribution in [-0.4, -0.2) is 16.9 Å². The molecular weight excluding hydrogens is 296 g/mol. The van der Waals surface area contributed by atoms with Crippen molar-refractivity contribution in [3.05, 3.63) is 46.2 Å². The molecule has 0 aliphatic rings. The van der Waals surface area contributed by atoms with E-state index >= 15 is 0 Å². The molecule has 0 saturated heterocycles. The van der Waals surface area contributed by atoms with Crippen LogP contribution in [-0.2, 0) is 7.05 Å². The maximum Gasteiger partial charge on any atom is 0.125 e. The minimum atomic E-state index is -0.151. The molecule has 0 saturated carbocycles. The Morgan fingerprint density at radius 1 is 1.50 bits per heavy atom. The monoisotopic (exact) mass is 310 g/mol. The Kier molecular flexibility index (Phi) is 4.00. The number of nitrogens with zero attached hydrogens (tertiary/aromatic N) is 2. The molecule has 1 aromatic carbocycles. The third kappa shape index (κ3) is 2.55. The van der Waals surface area contributed by atoms with Crippen LogP contribution < -0.4 is 16.0 Å². The fourth-order valence-electron chi connectivity index (χ4n) is 1.88. The van der Waals surface area contributed by atoms with E-state index in [1.165, 1.54) is 0 Å². The van der Waals surface area contributed by atoms with E-state index in [4.69, 9.17) is 10.6 Å². The second-order valence-corrected chi connectivity index (χ2v) is 4.85. The highest BCUT2D eigenvalue weighted by Crippen LogP contribution is 2.31. The SMILES string of the molecule is COc1cc(Br)ccc1C(NN)c1cnn(C)c1. The minimum absolute atomic E-state index is 0.151. The second kappa shape index (κ2) is 5.51. The first kappa shape index (κ1) is 13.1. The molecule has 3 N–H and O–H groups in total. The normalized spacial score (nSPS) is 12.4. The van der Waals surface area contributed by atoms with E-state index in [9.17, 15) is 0 Å². The topological polar surface area (TPSA) is 65.1 Å². The summed E-state index contributed by atoms with van der Waals surface area (Å²) in [7, 11) is 3.51. The lowest BCUT2D eigenvalue weighted by Crippen LogP contribution is -2.29. The van der Waals surface area contributed by atoms with Gasteiger partial charge in [-0.3, -0.25) is 10.5 Å². The molecule has 5 nitrogen and oxygen atoms in total. The van der Waals surface area contributed by atoms with Crippen LogP contribution in [0.5, 0.6) is 5.75 Å². The molecule has 1 unspecified atom stereocenters. The predicted octanol–water partition coefficient (Wildman–Crippen LogP) is 1.74. The lowest BCUT2D eigenvalue weighted by atomic mass is 10.0. The molecule has 2 rings (SSSR count). The van der Waals surface area contributed by atoms with Gasteiger partial charge in [0.1, 0.15) is 5.75 Å². The first-order chi connectivity index (χ1) is 8.65. The first-order valence-corrected chi connectivity index (χ1v) is 6.23. The van der Waals surface area contributed by atoms with E-state index in [-0.39, 0.29) is 6.04 Å². The number of halogens is 1. The maximum absolute atomic E-state index is 5.65. The lowest BCUT2D eigenvalue weighted by Gasteiger charge is -2.18. The number of aromatic nitrogens is 2. The summed E-state index contributed by atoms with van der Waals surface area (Å²) in [6.45, 7) is 0. The van der Waals surface area contributed by atoms with Crippen LogP contribution in [0.15, 0.2) is 35.1 Å². The van der Waals surface area contributed by atoms with E-state index in [0.29, 0.717) is 0 Å². The van der Waals surface area contributed by atoms with Crippen molar-refractivity contribution in [3.63, 3.8) is 0 Å². The maximum atomic E-state index is 5.65. The van der Waals surface area contributed by atoms with Crippen molar-refractivity contribution >= 4 is 15.9 Å². The molecule has 1 aromatic heterocycles. The number of ether oxygens (including phenoxy) is 1. The summed E-state index contributed by atoms with van der Waals surface area (Å²) in [5.74, 6) is 6.43. The molecule has 0 spiro atoms. The molecule has 1 heterocycles. The van der Waals surface area contributed by atoms with Gasteiger partial charge in [-0.1, -0.05) is 22.0 Å². The second-order valence-electron chi connectivity index (χ2n) is 3.93. The highest BCUT2D eigenvalue weighted by molar-refractivity contribution is 9.10. The number of hydrogen-bond acceptors (Lipinski definition) is 4. The highest BCUT2D eigenvalue weighted by Gasteiger charge is 2.18. The zero-order valence-corrected chi connectivity index (χ0v) is 11.8. The van der Waals surface area contributed by atoms with Gasteiger partial charge in [0.25, 0.3) is 0 Å². The minimum Gasteiger partial charge on any atom is -0.496 e. The lowest BCUT2D eigenvalue weighted by molar-refractivity contribution is 0.404. The Balaban J connectivity index is 2.44. The van der Waals surface area contributed by atoms with Crippen LogP contribution in [0.2, 0.25) is 0 Å². The van der Waals surface area contributed by atoms with E-state index in [0.717, 1.165) is 21.3 Å². The number of hydrogen-bond donors (Lipinski definition) is 2. The molecule has 0 amide bonds. The average molecular weight is 311 g/mol. The van der Waals surface area contributed by atoms with Gasteiger partial charge in [0, 0.05) is 28.8 Å². The molecule has 0 radical (unpaired) electrons. The van der Waals surface area contributed by atoms with Crippen LogP contribution in [0, 0.1) is 0 Å². The summed E-state index contributed by atoms with van der Waals surface area (Å²) in [6.07, 6.45) is 3.71. The molecule has 18 heavy (non-hydrogen) atoms. The quantitative estimate of drug-likeness (QED) is 0.667. The van der Waals surface area contributed by atoms with Crippen molar-refractivity contribution in [2.24, 2.45) is 12.9 Å². The largest absolute Gasteiger partial charge is 0.496 e. The number of methoxy groups -OCH3 is 1. The Morgan fingerprint density at radius 2 is 2.28 bits per heavy atom. The predicted molar refractivity (Wildman–Crippen MR) is 73.1 cm³/mol. The van der Waals surface area contributed by atoms with Crippen molar-refractivity contribution in [2.45, 2.75) is 6.04 Å². The highest BCUT2D eigenvalue weighted by atomic mass is 79.9. The zero-order chi connectivity index (χ0) is 13.1. The van der Waals surface area contributed by atoms with Gasteiger partial charge < -0.3 is 4.74 Å². The fraction of sp³-hybridized carbons (Fsp3) is 0.250. The van der Waals surface area contributed by atoms with Gasteiger partial charge in [-0.2, -0.15) is 5.10 Å². The third-order valence-corrected chi connectivity index (χ3v) is 3.22. The Hall–Kier alpha value is -1.37. The van der Waals surface area contributed by atoms with Gasteiger partial charge in [0.05, 0.1) is 19.3 Å². The molecule has 0 fully saturated rings. The van der Waals surface area contributed by atoms with Gasteiger partial charge in [-0.25, -0.2) is 5.43 Å². The summed E-state index contributed by atoms with van der Waals surface area (Å²) < 4.78 is 8.09. The number of nitrogens with one attached hydrogen (secondary N) is 1. The Bertz CT molecular complexity index is 541. The molecule has 0 aliphatic heterocycles. The van der Waals surface area contributed by atoms with Crippen molar-refractivity contribution in [3.8, 4) is 5.75 Å². The van der Waals surface area contributed by atoms with Crippen molar-refractivity contribution in [2.75, 3.05) is 7.11 Å². The molecule has 2 aromatic rings. The average Bonchev–Trinajstić information content (AvgIpc) is 2.78. The fourth-order valence-corrected chi connectivity index (χ4v) is 2.22. The Labute approximate surface area is 114 Å². The van der Waals surface area contributed by atoms with Gasteiger partial charge in [0.15, 0.2) is 0 Å². The molecular formula is C12H15BrN4O. The van der Waals surface area contributed by atoms with Crippen LogP contribution in [0.3, 0.4) is 0 Å². The van der Waals surface area contributed by atoms with Crippen LogP contribution >= 0.6 is 15.9 Å². The van der Waals surface area contributed by atoms with Gasteiger partial charge in [-0.05, 0) is 12.1 Å². The summed E-state index contributed by atoms with van der Waals surface area (Å²) in [6, 6.07) is 5.69. The summed E-state index contributed by atoms with van der Waals surface area (Å²) >= 11 is 3.42. The van der Waals surface area contributed by atoms with Gasteiger partial charge in [-0.15, -0.1) is 0 Å².